The van der Waals surface area contributed by atoms with Gasteiger partial charge in [0.2, 0.25) is 11.8 Å². The monoisotopic (exact) mass is 412 g/mol. The first-order chi connectivity index (χ1) is 14.5. The number of aromatic nitrogens is 1. The molecule has 2 amide bonds. The summed E-state index contributed by atoms with van der Waals surface area (Å²) in [6.07, 6.45) is 2.70. The molecule has 0 aliphatic carbocycles. The summed E-state index contributed by atoms with van der Waals surface area (Å²) in [5.41, 5.74) is 1.56. The molecule has 0 atom stereocenters. The van der Waals surface area contributed by atoms with E-state index in [0.717, 1.165) is 37.1 Å². The van der Waals surface area contributed by atoms with Gasteiger partial charge in [0.25, 0.3) is 5.91 Å². The molecule has 0 saturated carbocycles. The highest BCUT2D eigenvalue weighted by Crippen LogP contribution is 2.20. The Balaban J connectivity index is 1.53. The minimum atomic E-state index is -0.0994. The van der Waals surface area contributed by atoms with Crippen LogP contribution in [0.2, 0.25) is 0 Å². The van der Waals surface area contributed by atoms with Crippen LogP contribution in [0.15, 0.2) is 40.9 Å². The van der Waals surface area contributed by atoms with E-state index >= 15 is 0 Å². The lowest BCUT2D eigenvalue weighted by atomic mass is 10.0. The molecule has 1 aliphatic rings. The Morgan fingerprint density at radius 3 is 2.53 bits per heavy atom. The fourth-order valence-corrected chi connectivity index (χ4v) is 3.86. The summed E-state index contributed by atoms with van der Waals surface area (Å²) in [6, 6.07) is 11.5. The minimum absolute atomic E-state index is 0.0834. The Kier molecular flexibility index (Phi) is 7.63. The van der Waals surface area contributed by atoms with Gasteiger partial charge in [0.1, 0.15) is 0 Å². The molecular weight excluding hydrogens is 380 g/mol. The zero-order chi connectivity index (χ0) is 21.5. The molecule has 3 rings (SSSR count). The van der Waals surface area contributed by atoms with E-state index in [1.54, 1.807) is 6.07 Å². The summed E-state index contributed by atoms with van der Waals surface area (Å²) >= 11 is 0. The van der Waals surface area contributed by atoms with Crippen LogP contribution in [-0.4, -0.2) is 59.0 Å². The van der Waals surface area contributed by atoms with Gasteiger partial charge in [-0.15, -0.1) is 0 Å². The van der Waals surface area contributed by atoms with Crippen molar-refractivity contribution < 1.29 is 14.1 Å². The molecular formula is C23H32N4O3. The van der Waals surface area contributed by atoms with E-state index in [0.29, 0.717) is 25.5 Å². The molecule has 2 heterocycles. The predicted molar refractivity (Wildman–Crippen MR) is 116 cm³/mol. The number of carbonyl (C=O) groups excluding carboxylic acids is 2. The van der Waals surface area contributed by atoms with Crippen molar-refractivity contribution in [3.8, 4) is 0 Å². The van der Waals surface area contributed by atoms with Crippen molar-refractivity contribution in [2.45, 2.75) is 52.0 Å². The zero-order valence-electron chi connectivity index (χ0n) is 18.1. The van der Waals surface area contributed by atoms with Crippen LogP contribution in [0.1, 0.15) is 62.0 Å². The van der Waals surface area contributed by atoms with Crippen LogP contribution in [0.3, 0.4) is 0 Å². The Morgan fingerprint density at radius 2 is 1.93 bits per heavy atom. The van der Waals surface area contributed by atoms with Gasteiger partial charge in [-0.25, -0.2) is 0 Å². The molecule has 1 aromatic carbocycles. The molecule has 0 spiro atoms. The van der Waals surface area contributed by atoms with E-state index in [1.807, 2.05) is 49.1 Å². The quantitative estimate of drug-likeness (QED) is 0.714. The average Bonchev–Trinajstić information content (AvgIpc) is 3.22. The third-order valence-electron chi connectivity index (χ3n) is 5.53. The number of piperidine rings is 1. The highest BCUT2D eigenvalue weighted by atomic mass is 16.5. The molecule has 2 aromatic rings. The molecule has 30 heavy (non-hydrogen) atoms. The van der Waals surface area contributed by atoms with Crippen LogP contribution >= 0.6 is 0 Å². The highest BCUT2D eigenvalue weighted by Gasteiger charge is 2.28. The van der Waals surface area contributed by atoms with Gasteiger partial charge in [0.05, 0.1) is 12.2 Å². The van der Waals surface area contributed by atoms with Gasteiger partial charge in [0, 0.05) is 30.8 Å². The number of amides is 2. The lowest BCUT2D eigenvalue weighted by molar-refractivity contribution is -0.118. The minimum Gasteiger partial charge on any atom is -0.339 e. The van der Waals surface area contributed by atoms with Gasteiger partial charge in [-0.1, -0.05) is 44.1 Å². The number of hydrogen-bond acceptors (Lipinski definition) is 5. The zero-order valence-corrected chi connectivity index (χ0v) is 18.1. The van der Waals surface area contributed by atoms with E-state index in [9.17, 15) is 9.59 Å². The number of rotatable bonds is 8. The SMILES string of the molecule is CCCN(CC(=O)Nc1cc(C(C)C)no1)C1CCN(C(=O)c2ccccc2)CC1. The van der Waals surface area contributed by atoms with Crippen molar-refractivity contribution >= 4 is 17.7 Å². The maximum atomic E-state index is 12.7. The maximum Gasteiger partial charge on any atom is 0.253 e. The third kappa shape index (κ3) is 5.69. The maximum absolute atomic E-state index is 12.7. The van der Waals surface area contributed by atoms with E-state index in [4.69, 9.17) is 4.52 Å². The van der Waals surface area contributed by atoms with Gasteiger partial charge in [-0.3, -0.25) is 19.8 Å². The van der Waals surface area contributed by atoms with Crippen molar-refractivity contribution in [2.24, 2.45) is 0 Å². The van der Waals surface area contributed by atoms with Crippen LogP contribution in [-0.2, 0) is 4.79 Å². The van der Waals surface area contributed by atoms with Crippen LogP contribution in [0.5, 0.6) is 0 Å². The third-order valence-corrected chi connectivity index (χ3v) is 5.53. The molecule has 0 radical (unpaired) electrons. The van der Waals surface area contributed by atoms with Gasteiger partial charge >= 0.3 is 0 Å². The van der Waals surface area contributed by atoms with Gasteiger partial charge in [0.15, 0.2) is 0 Å². The molecule has 1 aromatic heterocycles. The normalized spacial score (nSPS) is 15.0. The number of nitrogens with zero attached hydrogens (tertiary/aromatic N) is 3. The number of anilines is 1. The van der Waals surface area contributed by atoms with Crippen molar-refractivity contribution in [1.82, 2.24) is 15.0 Å². The molecule has 1 fully saturated rings. The molecule has 0 bridgehead atoms. The summed E-state index contributed by atoms with van der Waals surface area (Å²) in [4.78, 5) is 29.4. The lowest BCUT2D eigenvalue weighted by Crippen LogP contribution is -2.49. The molecule has 7 nitrogen and oxygen atoms in total. The van der Waals surface area contributed by atoms with Crippen molar-refractivity contribution in [3.63, 3.8) is 0 Å². The largest absolute Gasteiger partial charge is 0.339 e. The highest BCUT2D eigenvalue weighted by molar-refractivity contribution is 5.94. The van der Waals surface area contributed by atoms with Crippen LogP contribution in [0.4, 0.5) is 5.88 Å². The molecule has 7 heteroatoms. The predicted octanol–water partition coefficient (Wildman–Crippen LogP) is 3.75. The van der Waals surface area contributed by atoms with Gasteiger partial charge < -0.3 is 9.42 Å². The second kappa shape index (κ2) is 10.4. The van der Waals surface area contributed by atoms with E-state index < -0.39 is 0 Å². The summed E-state index contributed by atoms with van der Waals surface area (Å²) in [6.45, 7) is 8.74. The van der Waals surface area contributed by atoms with Gasteiger partial charge in [-0.05, 0) is 43.9 Å². The van der Waals surface area contributed by atoms with Crippen molar-refractivity contribution in [1.29, 1.82) is 0 Å². The van der Waals surface area contributed by atoms with Gasteiger partial charge in [-0.2, -0.15) is 0 Å². The van der Waals surface area contributed by atoms with Crippen molar-refractivity contribution in [2.75, 3.05) is 31.5 Å². The summed E-state index contributed by atoms with van der Waals surface area (Å²) < 4.78 is 5.22. The molecule has 1 saturated heterocycles. The first kappa shape index (κ1) is 22.0. The molecule has 1 N–H and O–H groups in total. The topological polar surface area (TPSA) is 78.7 Å². The molecule has 1 aliphatic heterocycles. The summed E-state index contributed by atoms with van der Waals surface area (Å²) in [5.74, 6) is 0.626. The fraction of sp³-hybridized carbons (Fsp3) is 0.522. The summed E-state index contributed by atoms with van der Waals surface area (Å²) in [7, 11) is 0. The Morgan fingerprint density at radius 1 is 1.23 bits per heavy atom. The van der Waals surface area contributed by atoms with Crippen LogP contribution in [0.25, 0.3) is 0 Å². The molecule has 0 unspecified atom stereocenters. The second-order valence-corrected chi connectivity index (χ2v) is 8.18. The Hall–Kier alpha value is -2.67. The number of nitrogens with one attached hydrogen (secondary N) is 1. The van der Waals surface area contributed by atoms with Crippen LogP contribution < -0.4 is 5.32 Å². The Bertz CT molecular complexity index is 826. The molecule has 162 valence electrons. The number of hydrogen-bond donors (Lipinski definition) is 1. The smallest absolute Gasteiger partial charge is 0.253 e. The number of benzene rings is 1. The fourth-order valence-electron chi connectivity index (χ4n) is 3.86. The number of carbonyl (C=O) groups is 2. The number of likely N-dealkylation sites (tertiary alicyclic amines) is 1. The van der Waals surface area contributed by atoms with Crippen molar-refractivity contribution in [3.05, 3.63) is 47.7 Å². The lowest BCUT2D eigenvalue weighted by Gasteiger charge is -2.38. The Labute approximate surface area is 178 Å². The van der Waals surface area contributed by atoms with Crippen LogP contribution in [0, 0.1) is 0 Å². The standard InChI is InChI=1S/C23H32N4O3/c1-4-12-27(16-21(28)24-22-15-20(17(2)3)25-30-22)19-10-13-26(14-11-19)23(29)18-8-6-5-7-9-18/h5-9,15,17,19H,4,10-14,16H2,1-3H3,(H,24,28). The van der Waals surface area contributed by atoms with E-state index in [2.05, 4.69) is 22.3 Å². The average molecular weight is 413 g/mol. The summed E-state index contributed by atoms with van der Waals surface area (Å²) in [5, 5.41) is 6.80. The van der Waals surface area contributed by atoms with E-state index in [-0.39, 0.29) is 23.8 Å². The first-order valence-corrected chi connectivity index (χ1v) is 10.8. The second-order valence-electron chi connectivity index (χ2n) is 8.18. The first-order valence-electron chi connectivity index (χ1n) is 10.8. The van der Waals surface area contributed by atoms with E-state index in [1.165, 1.54) is 0 Å².